The molecule has 0 aliphatic rings. The SMILES string of the molecule is CS/C(=C\c1ccccc1)C(C#Cc1ccccc1)N(Cc1ccccc1)Cc1ccccc1. The van der Waals surface area contributed by atoms with Crippen molar-refractivity contribution < 1.29 is 0 Å². The standard InChI is InChI=1S/C32H29NS/c1-34-32(24-28-16-8-3-9-17-28)31(23-22-27-14-6-2-7-15-27)33(25-29-18-10-4-11-19-29)26-30-20-12-5-13-21-30/h2-21,24,31H,25-26H2,1H3/b32-24-. The molecule has 0 fully saturated rings. The first-order valence-electron chi connectivity index (χ1n) is 11.5. The van der Waals surface area contributed by atoms with E-state index in [-0.39, 0.29) is 6.04 Å². The van der Waals surface area contributed by atoms with Crippen molar-refractivity contribution >= 4 is 17.8 Å². The molecule has 34 heavy (non-hydrogen) atoms. The summed E-state index contributed by atoms with van der Waals surface area (Å²) >= 11 is 1.77. The Balaban J connectivity index is 1.77. The molecule has 4 aromatic carbocycles. The average Bonchev–Trinajstić information content (AvgIpc) is 2.90. The van der Waals surface area contributed by atoms with Crippen molar-refractivity contribution in [3.8, 4) is 11.8 Å². The summed E-state index contributed by atoms with van der Waals surface area (Å²) in [6.45, 7) is 1.63. The predicted molar refractivity (Wildman–Crippen MR) is 147 cm³/mol. The van der Waals surface area contributed by atoms with Crippen LogP contribution in [-0.2, 0) is 13.1 Å². The van der Waals surface area contributed by atoms with Crippen LogP contribution in [0.15, 0.2) is 126 Å². The van der Waals surface area contributed by atoms with Gasteiger partial charge in [0.2, 0.25) is 0 Å². The number of hydrogen-bond acceptors (Lipinski definition) is 2. The second-order valence-corrected chi connectivity index (χ2v) is 8.96. The molecule has 4 aromatic rings. The molecular weight excluding hydrogens is 430 g/mol. The minimum atomic E-state index is -0.0455. The lowest BCUT2D eigenvalue weighted by Crippen LogP contribution is -2.34. The number of hydrogen-bond donors (Lipinski definition) is 0. The van der Waals surface area contributed by atoms with Gasteiger partial charge >= 0.3 is 0 Å². The summed E-state index contributed by atoms with van der Waals surface area (Å²) in [5.74, 6) is 7.09. The van der Waals surface area contributed by atoms with Gasteiger partial charge in [0.25, 0.3) is 0 Å². The Kier molecular flexibility index (Phi) is 8.80. The molecule has 0 amide bonds. The number of nitrogens with zero attached hydrogens (tertiary/aromatic N) is 1. The van der Waals surface area contributed by atoms with Gasteiger partial charge in [0.1, 0.15) is 6.04 Å². The van der Waals surface area contributed by atoms with E-state index in [1.165, 1.54) is 21.6 Å². The lowest BCUT2D eigenvalue weighted by molar-refractivity contribution is 0.245. The van der Waals surface area contributed by atoms with E-state index in [2.05, 4.69) is 132 Å². The Hall–Kier alpha value is -3.51. The first-order chi connectivity index (χ1) is 16.8. The zero-order chi connectivity index (χ0) is 23.4. The van der Waals surface area contributed by atoms with Gasteiger partial charge in [0.15, 0.2) is 0 Å². The van der Waals surface area contributed by atoms with Gasteiger partial charge in [-0.25, -0.2) is 0 Å². The monoisotopic (exact) mass is 459 g/mol. The number of rotatable bonds is 8. The van der Waals surface area contributed by atoms with E-state index >= 15 is 0 Å². The van der Waals surface area contributed by atoms with E-state index in [0.717, 1.165) is 18.7 Å². The second-order valence-electron chi connectivity index (χ2n) is 8.08. The fourth-order valence-corrected chi connectivity index (χ4v) is 4.54. The highest BCUT2D eigenvalue weighted by atomic mass is 32.2. The quantitative estimate of drug-likeness (QED) is 0.251. The van der Waals surface area contributed by atoms with Gasteiger partial charge in [0.05, 0.1) is 0 Å². The lowest BCUT2D eigenvalue weighted by atomic mass is 10.1. The molecule has 168 valence electrons. The maximum Gasteiger partial charge on any atom is 0.104 e. The molecule has 0 radical (unpaired) electrons. The van der Waals surface area contributed by atoms with Crippen LogP contribution in [0.1, 0.15) is 22.3 Å². The second kappa shape index (κ2) is 12.7. The molecule has 0 saturated carbocycles. The molecule has 0 bridgehead atoms. The van der Waals surface area contributed by atoms with Gasteiger partial charge in [0, 0.05) is 23.6 Å². The Bertz CT molecular complexity index is 1180. The fourth-order valence-electron chi connectivity index (χ4n) is 3.85. The van der Waals surface area contributed by atoms with Crippen molar-refractivity contribution in [1.29, 1.82) is 0 Å². The first-order valence-corrected chi connectivity index (χ1v) is 12.7. The van der Waals surface area contributed by atoms with Crippen LogP contribution in [0.5, 0.6) is 0 Å². The zero-order valence-electron chi connectivity index (χ0n) is 19.5. The summed E-state index contributed by atoms with van der Waals surface area (Å²) in [5.41, 5.74) is 4.79. The predicted octanol–water partition coefficient (Wildman–Crippen LogP) is 7.51. The third kappa shape index (κ3) is 6.99. The van der Waals surface area contributed by atoms with Gasteiger partial charge in [-0.05, 0) is 41.2 Å². The Morgan fingerprint density at radius 3 is 1.68 bits per heavy atom. The van der Waals surface area contributed by atoms with Crippen LogP contribution in [0.25, 0.3) is 6.08 Å². The molecule has 1 atom stereocenters. The van der Waals surface area contributed by atoms with Crippen LogP contribution < -0.4 is 0 Å². The fraction of sp³-hybridized carbons (Fsp3) is 0.125. The molecule has 0 aromatic heterocycles. The largest absolute Gasteiger partial charge is 0.277 e. The van der Waals surface area contributed by atoms with Gasteiger partial charge in [-0.15, -0.1) is 11.8 Å². The smallest absolute Gasteiger partial charge is 0.104 e. The molecule has 1 nitrogen and oxygen atoms in total. The highest BCUT2D eigenvalue weighted by Gasteiger charge is 2.21. The van der Waals surface area contributed by atoms with Crippen LogP contribution >= 0.6 is 11.8 Å². The van der Waals surface area contributed by atoms with Crippen LogP contribution in [0.3, 0.4) is 0 Å². The molecular formula is C32H29NS. The van der Waals surface area contributed by atoms with E-state index in [0.29, 0.717) is 0 Å². The lowest BCUT2D eigenvalue weighted by Gasteiger charge is -2.30. The zero-order valence-corrected chi connectivity index (χ0v) is 20.3. The topological polar surface area (TPSA) is 3.24 Å². The van der Waals surface area contributed by atoms with Crippen molar-refractivity contribution in [2.75, 3.05) is 6.26 Å². The summed E-state index contributed by atoms with van der Waals surface area (Å²) in [6, 6.07) is 42.1. The highest BCUT2D eigenvalue weighted by Crippen LogP contribution is 2.27. The molecule has 0 aliphatic heterocycles. The molecule has 4 rings (SSSR count). The van der Waals surface area contributed by atoms with E-state index in [9.17, 15) is 0 Å². The van der Waals surface area contributed by atoms with E-state index in [1.54, 1.807) is 11.8 Å². The third-order valence-corrected chi connectivity index (χ3v) is 6.38. The Morgan fingerprint density at radius 2 is 1.18 bits per heavy atom. The van der Waals surface area contributed by atoms with E-state index < -0.39 is 0 Å². The maximum absolute atomic E-state index is 3.63. The van der Waals surface area contributed by atoms with Crippen LogP contribution in [0.4, 0.5) is 0 Å². The van der Waals surface area contributed by atoms with E-state index in [4.69, 9.17) is 0 Å². The summed E-state index contributed by atoms with van der Waals surface area (Å²) in [7, 11) is 0. The van der Waals surface area contributed by atoms with Crippen LogP contribution in [-0.4, -0.2) is 17.2 Å². The van der Waals surface area contributed by atoms with Gasteiger partial charge in [-0.1, -0.05) is 121 Å². The number of thioether (sulfide) groups is 1. The average molecular weight is 460 g/mol. The highest BCUT2D eigenvalue weighted by molar-refractivity contribution is 8.02. The molecule has 0 aliphatic carbocycles. The Labute approximate surface area is 208 Å². The van der Waals surface area contributed by atoms with Crippen molar-refractivity contribution in [3.05, 3.63) is 148 Å². The van der Waals surface area contributed by atoms with Crippen molar-refractivity contribution in [3.63, 3.8) is 0 Å². The van der Waals surface area contributed by atoms with Crippen LogP contribution in [0.2, 0.25) is 0 Å². The van der Waals surface area contributed by atoms with Gasteiger partial charge in [-0.3, -0.25) is 4.90 Å². The molecule has 0 N–H and O–H groups in total. The van der Waals surface area contributed by atoms with Crippen molar-refractivity contribution in [2.45, 2.75) is 19.1 Å². The molecule has 0 spiro atoms. The minimum absolute atomic E-state index is 0.0455. The van der Waals surface area contributed by atoms with Gasteiger partial charge < -0.3 is 0 Å². The minimum Gasteiger partial charge on any atom is -0.277 e. The van der Waals surface area contributed by atoms with Crippen molar-refractivity contribution in [1.82, 2.24) is 4.90 Å². The van der Waals surface area contributed by atoms with Crippen LogP contribution in [0, 0.1) is 11.8 Å². The van der Waals surface area contributed by atoms with Crippen molar-refractivity contribution in [2.24, 2.45) is 0 Å². The third-order valence-electron chi connectivity index (χ3n) is 5.56. The molecule has 0 saturated heterocycles. The first kappa shape index (κ1) is 23.6. The summed E-state index contributed by atoms with van der Waals surface area (Å²) in [4.78, 5) is 3.72. The molecule has 1 unspecified atom stereocenters. The summed E-state index contributed by atoms with van der Waals surface area (Å²) in [6.07, 6.45) is 4.42. The molecule has 0 heterocycles. The van der Waals surface area contributed by atoms with Gasteiger partial charge in [-0.2, -0.15) is 0 Å². The summed E-state index contributed by atoms with van der Waals surface area (Å²) in [5, 5.41) is 0. The maximum atomic E-state index is 3.63. The Morgan fingerprint density at radius 1 is 0.706 bits per heavy atom. The molecule has 2 heteroatoms. The normalized spacial score (nSPS) is 12.1. The van der Waals surface area contributed by atoms with E-state index in [1.807, 2.05) is 18.2 Å². The number of benzene rings is 4. The summed E-state index contributed by atoms with van der Waals surface area (Å²) < 4.78 is 0.